The Kier molecular flexibility index (Phi) is 5.25. The van der Waals surface area contributed by atoms with Gasteiger partial charge in [-0.3, -0.25) is 0 Å². The van der Waals surface area contributed by atoms with Crippen LogP contribution < -0.4 is 10.1 Å². The van der Waals surface area contributed by atoms with Crippen molar-refractivity contribution in [2.45, 2.75) is 13.2 Å². The molecule has 0 amide bonds. The van der Waals surface area contributed by atoms with Crippen LogP contribution in [0.2, 0.25) is 5.02 Å². The minimum Gasteiger partial charge on any atom is -0.489 e. The maximum Gasteiger partial charge on any atom is 0.124 e. The van der Waals surface area contributed by atoms with Gasteiger partial charge in [0.1, 0.15) is 12.4 Å². The summed E-state index contributed by atoms with van der Waals surface area (Å²) in [6.07, 6.45) is 0. The Labute approximate surface area is 126 Å². The van der Waals surface area contributed by atoms with Crippen LogP contribution in [0, 0.1) is 0 Å². The van der Waals surface area contributed by atoms with E-state index >= 15 is 0 Å². The maximum absolute atomic E-state index is 5.96. The molecule has 2 nitrogen and oxygen atoms in total. The highest BCUT2D eigenvalue weighted by atomic mass is 79.9. The van der Waals surface area contributed by atoms with Crippen LogP contribution >= 0.6 is 27.5 Å². The van der Waals surface area contributed by atoms with Crippen molar-refractivity contribution in [2.24, 2.45) is 0 Å². The van der Waals surface area contributed by atoms with Gasteiger partial charge in [-0.15, -0.1) is 0 Å². The van der Waals surface area contributed by atoms with Crippen molar-refractivity contribution in [1.29, 1.82) is 0 Å². The van der Waals surface area contributed by atoms with E-state index in [1.165, 1.54) is 0 Å². The molecule has 0 aromatic heterocycles. The molecule has 0 spiro atoms. The fraction of sp³-hybridized carbons (Fsp3) is 0.200. The number of hydrogen-bond acceptors (Lipinski definition) is 2. The Bertz CT molecular complexity index is 560. The third-order valence-electron chi connectivity index (χ3n) is 2.67. The first-order valence-corrected chi connectivity index (χ1v) is 7.16. The number of ether oxygens (including phenoxy) is 1. The van der Waals surface area contributed by atoms with Gasteiger partial charge in [-0.05, 0) is 42.9 Å². The Balaban J connectivity index is 2.10. The Hall–Kier alpha value is -1.03. The van der Waals surface area contributed by atoms with Gasteiger partial charge in [0.15, 0.2) is 0 Å². The van der Waals surface area contributed by atoms with Crippen LogP contribution in [0.15, 0.2) is 46.9 Å². The molecule has 0 saturated carbocycles. The van der Waals surface area contributed by atoms with Gasteiger partial charge in [-0.25, -0.2) is 0 Å². The smallest absolute Gasteiger partial charge is 0.124 e. The molecule has 1 N–H and O–H groups in total. The molecule has 0 atom stereocenters. The number of rotatable bonds is 5. The summed E-state index contributed by atoms with van der Waals surface area (Å²) in [5, 5.41) is 3.87. The highest BCUT2D eigenvalue weighted by molar-refractivity contribution is 9.10. The van der Waals surface area contributed by atoms with Crippen molar-refractivity contribution in [3.63, 3.8) is 0 Å². The zero-order valence-electron chi connectivity index (χ0n) is 10.6. The van der Waals surface area contributed by atoms with E-state index in [9.17, 15) is 0 Å². The first-order valence-electron chi connectivity index (χ1n) is 5.99. The van der Waals surface area contributed by atoms with Crippen LogP contribution in [0.4, 0.5) is 0 Å². The molecule has 0 saturated heterocycles. The lowest BCUT2D eigenvalue weighted by Crippen LogP contribution is -2.07. The SMILES string of the molecule is CNCc1cc(Br)ccc1OCc1cccc(Cl)c1. The first kappa shape index (κ1) is 14.4. The van der Waals surface area contributed by atoms with Gasteiger partial charge in [0.05, 0.1) is 0 Å². The largest absolute Gasteiger partial charge is 0.489 e. The van der Waals surface area contributed by atoms with Crippen LogP contribution in [-0.4, -0.2) is 7.05 Å². The molecule has 0 fully saturated rings. The molecule has 0 radical (unpaired) electrons. The summed E-state index contributed by atoms with van der Waals surface area (Å²) in [7, 11) is 1.92. The van der Waals surface area contributed by atoms with E-state index in [2.05, 4.69) is 27.3 Å². The Morgan fingerprint density at radius 3 is 2.79 bits per heavy atom. The number of nitrogens with one attached hydrogen (secondary N) is 1. The molecular weight excluding hydrogens is 326 g/mol. The standard InChI is InChI=1S/C15H15BrClNO/c1-18-9-12-8-13(16)5-6-15(12)19-10-11-3-2-4-14(17)7-11/h2-8,18H,9-10H2,1H3. The van der Waals surface area contributed by atoms with E-state index in [4.69, 9.17) is 16.3 Å². The Morgan fingerprint density at radius 2 is 2.05 bits per heavy atom. The Morgan fingerprint density at radius 1 is 1.21 bits per heavy atom. The van der Waals surface area contributed by atoms with E-state index < -0.39 is 0 Å². The van der Waals surface area contributed by atoms with Crippen LogP contribution in [0.25, 0.3) is 0 Å². The van der Waals surface area contributed by atoms with Crippen LogP contribution in [-0.2, 0) is 13.2 Å². The van der Waals surface area contributed by atoms with Crippen molar-refractivity contribution in [2.75, 3.05) is 7.05 Å². The van der Waals surface area contributed by atoms with Crippen molar-refractivity contribution in [1.82, 2.24) is 5.32 Å². The summed E-state index contributed by atoms with van der Waals surface area (Å²) >= 11 is 9.43. The summed E-state index contributed by atoms with van der Waals surface area (Å²) in [5.41, 5.74) is 2.18. The molecule has 0 bridgehead atoms. The van der Waals surface area contributed by atoms with E-state index in [0.29, 0.717) is 6.61 Å². The molecule has 19 heavy (non-hydrogen) atoms. The lowest BCUT2D eigenvalue weighted by Gasteiger charge is -2.12. The van der Waals surface area contributed by atoms with Gasteiger partial charge >= 0.3 is 0 Å². The summed E-state index contributed by atoms with van der Waals surface area (Å²) in [4.78, 5) is 0. The van der Waals surface area contributed by atoms with Gasteiger partial charge in [-0.2, -0.15) is 0 Å². The van der Waals surface area contributed by atoms with Crippen molar-refractivity contribution in [3.05, 3.63) is 63.1 Å². The highest BCUT2D eigenvalue weighted by Gasteiger charge is 2.04. The summed E-state index contributed by atoms with van der Waals surface area (Å²) < 4.78 is 6.92. The van der Waals surface area contributed by atoms with Crippen LogP contribution in [0.3, 0.4) is 0 Å². The van der Waals surface area contributed by atoms with E-state index in [1.54, 1.807) is 0 Å². The van der Waals surface area contributed by atoms with Gasteiger partial charge in [0.25, 0.3) is 0 Å². The lowest BCUT2D eigenvalue weighted by molar-refractivity contribution is 0.302. The molecule has 100 valence electrons. The number of halogens is 2. The third kappa shape index (κ3) is 4.23. The molecule has 0 unspecified atom stereocenters. The monoisotopic (exact) mass is 339 g/mol. The quantitative estimate of drug-likeness (QED) is 0.871. The fourth-order valence-corrected chi connectivity index (χ4v) is 2.43. The van der Waals surface area contributed by atoms with E-state index in [-0.39, 0.29) is 0 Å². The molecule has 2 aromatic carbocycles. The average molecular weight is 341 g/mol. The lowest BCUT2D eigenvalue weighted by atomic mass is 10.2. The fourth-order valence-electron chi connectivity index (χ4n) is 1.81. The topological polar surface area (TPSA) is 21.3 Å². The number of hydrogen-bond donors (Lipinski definition) is 1. The molecule has 0 aliphatic carbocycles. The summed E-state index contributed by atoms with van der Waals surface area (Å²) in [6.45, 7) is 1.28. The van der Waals surface area contributed by atoms with E-state index in [0.717, 1.165) is 32.9 Å². The summed E-state index contributed by atoms with van der Waals surface area (Å²) in [5.74, 6) is 0.887. The van der Waals surface area contributed by atoms with Crippen molar-refractivity contribution >= 4 is 27.5 Å². The average Bonchev–Trinajstić information content (AvgIpc) is 2.38. The van der Waals surface area contributed by atoms with Gasteiger partial charge in [-0.1, -0.05) is 39.7 Å². The molecule has 2 rings (SSSR count). The van der Waals surface area contributed by atoms with Crippen LogP contribution in [0.5, 0.6) is 5.75 Å². The minimum absolute atomic E-state index is 0.513. The highest BCUT2D eigenvalue weighted by Crippen LogP contribution is 2.24. The van der Waals surface area contributed by atoms with E-state index in [1.807, 2.05) is 43.4 Å². The second-order valence-electron chi connectivity index (χ2n) is 4.20. The molecule has 0 aliphatic heterocycles. The maximum atomic E-state index is 5.96. The zero-order valence-corrected chi connectivity index (χ0v) is 13.0. The first-order chi connectivity index (χ1) is 9.19. The second-order valence-corrected chi connectivity index (χ2v) is 5.55. The number of benzene rings is 2. The van der Waals surface area contributed by atoms with Gasteiger partial charge in [0, 0.05) is 21.6 Å². The predicted octanol–water partition coefficient (Wildman–Crippen LogP) is 4.40. The van der Waals surface area contributed by atoms with Crippen molar-refractivity contribution in [3.8, 4) is 5.75 Å². The molecule has 0 aliphatic rings. The second kappa shape index (κ2) is 6.94. The summed E-state index contributed by atoms with van der Waals surface area (Å²) in [6, 6.07) is 13.7. The molecule has 0 heterocycles. The molecular formula is C15H15BrClNO. The normalized spacial score (nSPS) is 10.5. The van der Waals surface area contributed by atoms with Crippen LogP contribution in [0.1, 0.15) is 11.1 Å². The minimum atomic E-state index is 0.513. The van der Waals surface area contributed by atoms with Crippen molar-refractivity contribution < 1.29 is 4.74 Å². The van der Waals surface area contributed by atoms with Gasteiger partial charge < -0.3 is 10.1 Å². The van der Waals surface area contributed by atoms with Gasteiger partial charge in [0.2, 0.25) is 0 Å². The predicted molar refractivity (Wildman–Crippen MR) is 82.7 cm³/mol. The third-order valence-corrected chi connectivity index (χ3v) is 3.40. The molecule has 4 heteroatoms. The zero-order chi connectivity index (χ0) is 13.7. The molecule has 2 aromatic rings.